The molecule has 0 aliphatic heterocycles. The number of likely N-dealkylation sites (N-methyl/N-ethyl adjacent to an activating group) is 1. The van der Waals surface area contributed by atoms with Crippen molar-refractivity contribution in [2.24, 2.45) is 0 Å². The van der Waals surface area contributed by atoms with E-state index in [1.165, 1.54) is 0 Å². The van der Waals surface area contributed by atoms with Crippen LogP contribution in [0.5, 0.6) is 0 Å². The third-order valence-electron chi connectivity index (χ3n) is 1.33. The highest BCUT2D eigenvalue weighted by Gasteiger charge is 1.91. The van der Waals surface area contributed by atoms with E-state index >= 15 is 0 Å². The fraction of sp³-hybridized carbons (Fsp3) is 0.750. The maximum absolute atomic E-state index is 4.93. The maximum Gasteiger partial charge on any atom is 0.0589 e. The lowest BCUT2D eigenvalue weighted by molar-refractivity contribution is 0.166. The van der Waals surface area contributed by atoms with Gasteiger partial charge in [0, 0.05) is 20.2 Å². The predicted molar refractivity (Wildman–Crippen MR) is 44.2 cm³/mol. The topological polar surface area (TPSA) is 12.5 Å². The summed E-state index contributed by atoms with van der Waals surface area (Å²) in [5.74, 6) is 0. The van der Waals surface area contributed by atoms with E-state index in [-0.39, 0.29) is 0 Å². The minimum atomic E-state index is 0.814. The molecule has 0 amide bonds. The molecule has 0 aromatic heterocycles. The van der Waals surface area contributed by atoms with E-state index < -0.39 is 0 Å². The van der Waals surface area contributed by atoms with E-state index in [4.69, 9.17) is 4.74 Å². The highest BCUT2D eigenvalue weighted by Crippen LogP contribution is 1.82. The lowest BCUT2D eigenvalue weighted by Gasteiger charge is -2.12. The van der Waals surface area contributed by atoms with Crippen molar-refractivity contribution < 1.29 is 4.74 Å². The second-order valence-electron chi connectivity index (χ2n) is 2.32. The summed E-state index contributed by atoms with van der Waals surface area (Å²) in [5.41, 5.74) is 0. The molecule has 0 spiro atoms. The molecule has 0 atom stereocenters. The van der Waals surface area contributed by atoms with Crippen LogP contribution in [-0.2, 0) is 4.74 Å². The minimum Gasteiger partial charge on any atom is -0.383 e. The molecule has 60 valence electrons. The molecule has 2 heteroatoms. The van der Waals surface area contributed by atoms with Crippen molar-refractivity contribution in [2.45, 2.75) is 6.92 Å². The van der Waals surface area contributed by atoms with Crippen LogP contribution < -0.4 is 0 Å². The van der Waals surface area contributed by atoms with Gasteiger partial charge in [0.2, 0.25) is 0 Å². The van der Waals surface area contributed by atoms with Gasteiger partial charge in [-0.05, 0) is 14.0 Å². The molecule has 0 aromatic rings. The lowest BCUT2D eigenvalue weighted by Crippen LogP contribution is -2.22. The van der Waals surface area contributed by atoms with Crippen LogP contribution in [0, 0.1) is 0 Å². The van der Waals surface area contributed by atoms with Crippen LogP contribution in [0.25, 0.3) is 0 Å². The third kappa shape index (κ3) is 5.79. The summed E-state index contributed by atoms with van der Waals surface area (Å²) in [7, 11) is 3.81. The van der Waals surface area contributed by atoms with E-state index in [1.807, 2.05) is 6.92 Å². The Bertz CT molecular complexity index is 91.3. The van der Waals surface area contributed by atoms with Gasteiger partial charge >= 0.3 is 0 Å². The number of methoxy groups -OCH3 is 1. The van der Waals surface area contributed by atoms with Gasteiger partial charge in [-0.1, -0.05) is 12.2 Å². The molecule has 0 saturated heterocycles. The van der Waals surface area contributed by atoms with E-state index in [1.54, 1.807) is 7.11 Å². The molecule has 0 N–H and O–H groups in total. The van der Waals surface area contributed by atoms with Crippen molar-refractivity contribution in [3.8, 4) is 0 Å². The summed E-state index contributed by atoms with van der Waals surface area (Å²) in [4.78, 5) is 2.21. The SMILES string of the molecule is CC=CCN(C)CCOC. The number of hydrogen-bond acceptors (Lipinski definition) is 2. The molecule has 0 rings (SSSR count). The first-order chi connectivity index (χ1) is 4.81. The number of hydrogen-bond donors (Lipinski definition) is 0. The largest absolute Gasteiger partial charge is 0.383 e. The van der Waals surface area contributed by atoms with Gasteiger partial charge in [-0.3, -0.25) is 0 Å². The van der Waals surface area contributed by atoms with Crippen molar-refractivity contribution >= 4 is 0 Å². The van der Waals surface area contributed by atoms with Gasteiger partial charge < -0.3 is 9.64 Å². The van der Waals surface area contributed by atoms with Crippen LogP contribution in [0.1, 0.15) is 6.92 Å². The zero-order valence-electron chi connectivity index (χ0n) is 7.13. The van der Waals surface area contributed by atoms with Gasteiger partial charge in [-0.15, -0.1) is 0 Å². The van der Waals surface area contributed by atoms with Crippen molar-refractivity contribution in [1.29, 1.82) is 0 Å². The maximum atomic E-state index is 4.93. The fourth-order valence-electron chi connectivity index (χ4n) is 0.624. The zero-order valence-corrected chi connectivity index (χ0v) is 7.13. The van der Waals surface area contributed by atoms with Crippen LogP contribution in [0.15, 0.2) is 12.2 Å². The normalized spacial score (nSPS) is 11.6. The van der Waals surface area contributed by atoms with Gasteiger partial charge in [-0.25, -0.2) is 0 Å². The molecular formula is C8H17NO. The van der Waals surface area contributed by atoms with Gasteiger partial charge in [0.1, 0.15) is 0 Å². The Hall–Kier alpha value is -0.340. The van der Waals surface area contributed by atoms with E-state index in [0.29, 0.717) is 0 Å². The molecule has 0 aliphatic carbocycles. The average molecular weight is 143 g/mol. The van der Waals surface area contributed by atoms with E-state index in [2.05, 4.69) is 24.1 Å². The average Bonchev–Trinajstić information content (AvgIpc) is 1.97. The molecule has 0 aliphatic rings. The minimum absolute atomic E-state index is 0.814. The number of ether oxygens (including phenoxy) is 1. The second-order valence-corrected chi connectivity index (χ2v) is 2.32. The van der Waals surface area contributed by atoms with Crippen molar-refractivity contribution in [1.82, 2.24) is 4.90 Å². The summed E-state index contributed by atoms with van der Waals surface area (Å²) in [5, 5.41) is 0. The molecular weight excluding hydrogens is 126 g/mol. The van der Waals surface area contributed by atoms with Gasteiger partial charge in [0.25, 0.3) is 0 Å². The molecule has 0 unspecified atom stereocenters. The highest BCUT2D eigenvalue weighted by molar-refractivity contribution is 4.79. The second kappa shape index (κ2) is 6.78. The quantitative estimate of drug-likeness (QED) is 0.535. The zero-order chi connectivity index (χ0) is 7.82. The Morgan fingerprint density at radius 2 is 2.20 bits per heavy atom. The Morgan fingerprint density at radius 3 is 2.70 bits per heavy atom. The summed E-state index contributed by atoms with van der Waals surface area (Å²) in [6.45, 7) is 4.86. The van der Waals surface area contributed by atoms with Gasteiger partial charge in [-0.2, -0.15) is 0 Å². The highest BCUT2D eigenvalue weighted by atomic mass is 16.5. The van der Waals surface area contributed by atoms with E-state index in [9.17, 15) is 0 Å². The summed E-state index contributed by atoms with van der Waals surface area (Å²) in [6, 6.07) is 0. The van der Waals surface area contributed by atoms with Crippen LogP contribution in [0.2, 0.25) is 0 Å². The predicted octanol–water partition coefficient (Wildman–Crippen LogP) is 1.14. The number of rotatable bonds is 5. The van der Waals surface area contributed by atoms with E-state index in [0.717, 1.165) is 19.7 Å². The van der Waals surface area contributed by atoms with Crippen LogP contribution in [0.4, 0.5) is 0 Å². The third-order valence-corrected chi connectivity index (χ3v) is 1.33. The Labute approximate surface area is 63.5 Å². The van der Waals surface area contributed by atoms with Crippen molar-refractivity contribution in [2.75, 3.05) is 33.9 Å². The van der Waals surface area contributed by atoms with Crippen molar-refractivity contribution in [3.05, 3.63) is 12.2 Å². The lowest BCUT2D eigenvalue weighted by atomic mass is 10.4. The Balaban J connectivity index is 3.16. The number of allylic oxidation sites excluding steroid dienone is 1. The summed E-state index contributed by atoms with van der Waals surface area (Å²) >= 11 is 0. The first-order valence-electron chi connectivity index (χ1n) is 3.60. The Kier molecular flexibility index (Phi) is 6.55. The summed E-state index contributed by atoms with van der Waals surface area (Å²) < 4.78 is 4.93. The molecule has 0 aromatic carbocycles. The summed E-state index contributed by atoms with van der Waals surface area (Å²) in [6.07, 6.45) is 4.19. The molecule has 0 fully saturated rings. The molecule has 10 heavy (non-hydrogen) atoms. The van der Waals surface area contributed by atoms with Crippen molar-refractivity contribution in [3.63, 3.8) is 0 Å². The first kappa shape index (κ1) is 9.66. The molecule has 2 nitrogen and oxygen atoms in total. The van der Waals surface area contributed by atoms with Crippen LogP contribution in [-0.4, -0.2) is 38.8 Å². The standard InChI is InChI=1S/C8H17NO/c1-4-5-6-9(2)7-8-10-3/h4-5H,6-8H2,1-3H3. The van der Waals surface area contributed by atoms with Gasteiger partial charge in [0.15, 0.2) is 0 Å². The monoisotopic (exact) mass is 143 g/mol. The Morgan fingerprint density at radius 1 is 1.50 bits per heavy atom. The van der Waals surface area contributed by atoms with Crippen LogP contribution in [0.3, 0.4) is 0 Å². The molecule has 0 heterocycles. The molecule has 0 saturated carbocycles. The first-order valence-corrected chi connectivity index (χ1v) is 3.60. The van der Waals surface area contributed by atoms with Gasteiger partial charge in [0.05, 0.1) is 6.61 Å². The van der Waals surface area contributed by atoms with Crippen LogP contribution >= 0.6 is 0 Å². The smallest absolute Gasteiger partial charge is 0.0589 e. The molecule has 0 bridgehead atoms. The number of nitrogens with zero attached hydrogens (tertiary/aromatic N) is 1. The fourth-order valence-corrected chi connectivity index (χ4v) is 0.624. The molecule has 0 radical (unpaired) electrons.